The summed E-state index contributed by atoms with van der Waals surface area (Å²) in [5.41, 5.74) is 5.81. The maximum Gasteiger partial charge on any atom is 0.224 e. The zero-order valence-corrected chi connectivity index (χ0v) is 7.88. The van der Waals surface area contributed by atoms with Gasteiger partial charge in [0.1, 0.15) is 0 Å². The number of oxime groups is 1. The molecule has 1 aliphatic heterocycles. The van der Waals surface area contributed by atoms with Gasteiger partial charge in [0.05, 0.1) is 23.6 Å². The lowest BCUT2D eigenvalue weighted by molar-refractivity contribution is -0.131. The normalized spacial score (nSPS) is 48.7. The van der Waals surface area contributed by atoms with E-state index in [-0.39, 0.29) is 29.7 Å². The summed E-state index contributed by atoms with van der Waals surface area (Å²) in [6, 6.07) is -0.173. The van der Waals surface area contributed by atoms with Gasteiger partial charge in [0.2, 0.25) is 11.8 Å². The van der Waals surface area contributed by atoms with Crippen LogP contribution in [0.5, 0.6) is 0 Å². The fourth-order valence-electron chi connectivity index (χ4n) is 3.50. The molecule has 0 radical (unpaired) electrons. The number of rotatable bonds is 1. The lowest BCUT2D eigenvalue weighted by atomic mass is 9.78. The monoisotopic (exact) mass is 209 g/mol. The molecule has 1 heterocycles. The average molecular weight is 209 g/mol. The molecule has 0 spiro atoms. The predicted molar refractivity (Wildman–Crippen MR) is 48.9 cm³/mol. The standard InChI is InChI=1S/C9H11N3O3/c10-8(13)4-2-1-3-5(4)9(14)11-6(3)7(2)12-15/h2-6,15H,1H2,(H2,10,13)(H,11,14)/b12-7+. The fraction of sp³-hybridized carbons (Fsp3) is 0.667. The molecule has 4 N–H and O–H groups in total. The van der Waals surface area contributed by atoms with E-state index >= 15 is 0 Å². The number of fused-ring (bicyclic) bond motifs is 1. The minimum Gasteiger partial charge on any atom is -0.411 e. The van der Waals surface area contributed by atoms with Crippen LogP contribution in [0.3, 0.4) is 0 Å². The molecule has 0 aromatic carbocycles. The molecule has 15 heavy (non-hydrogen) atoms. The van der Waals surface area contributed by atoms with Crippen LogP contribution in [0.25, 0.3) is 0 Å². The van der Waals surface area contributed by atoms with E-state index in [1.54, 1.807) is 0 Å². The Hall–Kier alpha value is -1.59. The van der Waals surface area contributed by atoms with E-state index in [4.69, 9.17) is 10.9 Å². The van der Waals surface area contributed by atoms with Gasteiger partial charge in [-0.3, -0.25) is 9.59 Å². The molecule has 3 rings (SSSR count). The minimum atomic E-state index is -0.486. The molecule has 2 aliphatic carbocycles. The summed E-state index contributed by atoms with van der Waals surface area (Å²) in [4.78, 5) is 22.9. The molecule has 2 bridgehead atoms. The van der Waals surface area contributed by atoms with Crippen LogP contribution in [0.1, 0.15) is 6.42 Å². The molecule has 3 fully saturated rings. The van der Waals surface area contributed by atoms with Crippen LogP contribution in [-0.2, 0) is 9.59 Å². The first-order valence-corrected chi connectivity index (χ1v) is 4.96. The third-order valence-electron chi connectivity index (χ3n) is 3.98. The molecule has 5 atom stereocenters. The molecular weight excluding hydrogens is 198 g/mol. The van der Waals surface area contributed by atoms with Gasteiger partial charge in [-0.05, 0) is 12.3 Å². The summed E-state index contributed by atoms with van der Waals surface area (Å²) < 4.78 is 0. The summed E-state index contributed by atoms with van der Waals surface area (Å²) in [6.07, 6.45) is 0.723. The first-order chi connectivity index (χ1) is 7.15. The van der Waals surface area contributed by atoms with Crippen molar-refractivity contribution in [3.63, 3.8) is 0 Å². The van der Waals surface area contributed by atoms with Gasteiger partial charge in [0.25, 0.3) is 0 Å². The molecule has 1 saturated heterocycles. The maximum absolute atomic E-state index is 11.6. The average Bonchev–Trinajstić information content (AvgIpc) is 2.75. The van der Waals surface area contributed by atoms with Crippen LogP contribution >= 0.6 is 0 Å². The number of hydrogen-bond acceptors (Lipinski definition) is 4. The lowest BCUT2D eigenvalue weighted by Gasteiger charge is -2.23. The van der Waals surface area contributed by atoms with Gasteiger partial charge in [-0.2, -0.15) is 0 Å². The molecule has 2 saturated carbocycles. The number of carbonyl (C=O) groups excluding carboxylic acids is 2. The largest absolute Gasteiger partial charge is 0.411 e. The highest BCUT2D eigenvalue weighted by Gasteiger charge is 2.65. The van der Waals surface area contributed by atoms with Crippen LogP contribution in [0.2, 0.25) is 0 Å². The number of carbonyl (C=O) groups is 2. The van der Waals surface area contributed by atoms with Crippen LogP contribution in [0, 0.1) is 23.7 Å². The third kappa shape index (κ3) is 0.824. The smallest absolute Gasteiger partial charge is 0.224 e. The van der Waals surface area contributed by atoms with E-state index in [0.29, 0.717) is 5.71 Å². The van der Waals surface area contributed by atoms with Crippen molar-refractivity contribution >= 4 is 17.5 Å². The number of nitrogens with two attached hydrogens (primary N) is 1. The number of amides is 2. The van der Waals surface area contributed by atoms with E-state index in [0.717, 1.165) is 6.42 Å². The molecule has 3 aliphatic rings. The summed E-state index contributed by atoms with van der Waals surface area (Å²) in [5, 5.41) is 14.8. The fourth-order valence-corrected chi connectivity index (χ4v) is 3.50. The van der Waals surface area contributed by atoms with Gasteiger partial charge < -0.3 is 16.3 Å². The van der Waals surface area contributed by atoms with Crippen LogP contribution in [-0.4, -0.2) is 28.8 Å². The molecular formula is C9H11N3O3. The van der Waals surface area contributed by atoms with E-state index in [1.807, 2.05) is 0 Å². The highest BCUT2D eigenvalue weighted by Crippen LogP contribution is 2.53. The molecule has 0 aromatic rings. The molecule has 6 heteroatoms. The summed E-state index contributed by atoms with van der Waals surface area (Å²) in [6.45, 7) is 0. The van der Waals surface area contributed by atoms with Gasteiger partial charge >= 0.3 is 0 Å². The van der Waals surface area contributed by atoms with Crippen molar-refractivity contribution in [2.75, 3.05) is 0 Å². The second-order valence-corrected chi connectivity index (χ2v) is 4.47. The molecule has 5 unspecified atom stereocenters. The molecule has 80 valence electrons. The molecule has 2 amide bonds. The van der Waals surface area contributed by atoms with E-state index < -0.39 is 11.8 Å². The second kappa shape index (κ2) is 2.50. The Morgan fingerprint density at radius 2 is 2.33 bits per heavy atom. The number of nitrogens with zero attached hydrogens (tertiary/aromatic N) is 1. The summed E-state index contributed by atoms with van der Waals surface area (Å²) >= 11 is 0. The number of nitrogens with one attached hydrogen (secondary N) is 1. The van der Waals surface area contributed by atoms with Gasteiger partial charge in [-0.15, -0.1) is 0 Å². The highest BCUT2D eigenvalue weighted by molar-refractivity contribution is 6.07. The quantitative estimate of drug-likeness (QED) is 0.368. The van der Waals surface area contributed by atoms with Gasteiger partial charge in [-0.25, -0.2) is 0 Å². The van der Waals surface area contributed by atoms with Gasteiger partial charge in [0.15, 0.2) is 0 Å². The Morgan fingerprint density at radius 1 is 1.60 bits per heavy atom. The Labute approximate surface area is 85.5 Å². The maximum atomic E-state index is 11.6. The van der Waals surface area contributed by atoms with Gasteiger partial charge in [-0.1, -0.05) is 5.16 Å². The molecule has 6 nitrogen and oxygen atoms in total. The van der Waals surface area contributed by atoms with Crippen molar-refractivity contribution in [2.24, 2.45) is 34.6 Å². The van der Waals surface area contributed by atoms with Crippen molar-refractivity contribution in [3.8, 4) is 0 Å². The van der Waals surface area contributed by atoms with Crippen LogP contribution < -0.4 is 11.1 Å². The van der Waals surface area contributed by atoms with Gasteiger partial charge in [0, 0.05) is 5.92 Å². The first kappa shape index (κ1) is 8.70. The van der Waals surface area contributed by atoms with E-state index in [1.165, 1.54) is 0 Å². The summed E-state index contributed by atoms with van der Waals surface area (Å²) in [5.74, 6) is -1.45. The number of primary amides is 1. The van der Waals surface area contributed by atoms with Crippen LogP contribution in [0.4, 0.5) is 0 Å². The lowest BCUT2D eigenvalue weighted by Crippen LogP contribution is -2.41. The second-order valence-electron chi connectivity index (χ2n) is 4.47. The predicted octanol–water partition coefficient (Wildman–Crippen LogP) is -1.32. The summed E-state index contributed by atoms with van der Waals surface area (Å²) in [7, 11) is 0. The third-order valence-corrected chi connectivity index (χ3v) is 3.98. The van der Waals surface area contributed by atoms with Crippen molar-refractivity contribution in [1.29, 1.82) is 0 Å². The number of hydrogen-bond donors (Lipinski definition) is 3. The zero-order valence-electron chi connectivity index (χ0n) is 7.88. The van der Waals surface area contributed by atoms with Crippen molar-refractivity contribution in [3.05, 3.63) is 0 Å². The zero-order chi connectivity index (χ0) is 10.7. The van der Waals surface area contributed by atoms with E-state index in [9.17, 15) is 9.59 Å². The Balaban J connectivity index is 2.09. The SMILES string of the molecule is NC(=O)C1C2CC3C(NC(=O)C31)/C2=N/O. The Kier molecular flexibility index (Phi) is 1.45. The minimum absolute atomic E-state index is 0.0888. The van der Waals surface area contributed by atoms with E-state index in [2.05, 4.69) is 10.5 Å². The molecule has 0 aromatic heterocycles. The first-order valence-electron chi connectivity index (χ1n) is 4.96. The van der Waals surface area contributed by atoms with Crippen molar-refractivity contribution in [1.82, 2.24) is 5.32 Å². The van der Waals surface area contributed by atoms with Crippen molar-refractivity contribution in [2.45, 2.75) is 12.5 Å². The highest BCUT2D eigenvalue weighted by atomic mass is 16.4. The Morgan fingerprint density at radius 3 is 2.93 bits per heavy atom. The van der Waals surface area contributed by atoms with Crippen molar-refractivity contribution < 1.29 is 14.8 Å². The Bertz CT molecular complexity index is 392. The van der Waals surface area contributed by atoms with Crippen LogP contribution in [0.15, 0.2) is 5.16 Å². The topological polar surface area (TPSA) is 105 Å².